The highest BCUT2D eigenvalue weighted by Crippen LogP contribution is 2.07. The Bertz CT molecular complexity index is 835. The van der Waals surface area contributed by atoms with Crippen molar-refractivity contribution in [2.24, 2.45) is 5.92 Å². The molecule has 0 fully saturated rings. The first-order chi connectivity index (χ1) is 12.4. The smallest absolute Gasteiger partial charge is 0.238 e. The van der Waals surface area contributed by atoms with E-state index in [2.05, 4.69) is 15.0 Å². The van der Waals surface area contributed by atoms with Gasteiger partial charge in [0.2, 0.25) is 15.9 Å². The number of amides is 1. The van der Waals surface area contributed by atoms with Crippen LogP contribution >= 0.6 is 0 Å². The quantitative estimate of drug-likeness (QED) is 0.743. The van der Waals surface area contributed by atoms with Crippen molar-refractivity contribution in [1.29, 1.82) is 0 Å². The second kappa shape index (κ2) is 9.26. The van der Waals surface area contributed by atoms with Crippen LogP contribution in [0.25, 0.3) is 6.08 Å². The molecule has 138 valence electrons. The molecule has 0 saturated heterocycles. The van der Waals surface area contributed by atoms with Gasteiger partial charge in [-0.25, -0.2) is 8.42 Å². The number of nitrogens with zero attached hydrogens (tertiary/aromatic N) is 1. The zero-order valence-corrected chi connectivity index (χ0v) is 15.6. The highest BCUT2D eigenvalue weighted by molar-refractivity contribution is 7.92. The maximum atomic E-state index is 12.4. The van der Waals surface area contributed by atoms with Crippen molar-refractivity contribution < 1.29 is 13.2 Å². The molecule has 1 atom stereocenters. The highest BCUT2D eigenvalue weighted by atomic mass is 32.2. The van der Waals surface area contributed by atoms with Gasteiger partial charge in [0, 0.05) is 11.6 Å². The first-order valence-corrected chi connectivity index (χ1v) is 9.85. The molecule has 0 aliphatic carbocycles. The molecule has 0 aliphatic heterocycles. The Kier molecular flexibility index (Phi) is 7.06. The number of pyridine rings is 1. The van der Waals surface area contributed by atoms with Crippen molar-refractivity contribution in [3.8, 4) is 0 Å². The molecule has 0 saturated carbocycles. The van der Waals surface area contributed by atoms with Crippen LogP contribution in [-0.2, 0) is 21.4 Å². The summed E-state index contributed by atoms with van der Waals surface area (Å²) in [7, 11) is -3.76. The second-order valence-electron chi connectivity index (χ2n) is 6.14. The van der Waals surface area contributed by atoms with Crippen LogP contribution in [0.5, 0.6) is 0 Å². The van der Waals surface area contributed by atoms with Gasteiger partial charge in [-0.1, -0.05) is 50.2 Å². The molecule has 0 spiro atoms. The summed E-state index contributed by atoms with van der Waals surface area (Å²) in [5.74, 6) is -0.596. The van der Waals surface area contributed by atoms with Crippen LogP contribution in [0.2, 0.25) is 0 Å². The lowest BCUT2D eigenvalue weighted by molar-refractivity contribution is -0.123. The van der Waals surface area contributed by atoms with Gasteiger partial charge >= 0.3 is 0 Å². The minimum Gasteiger partial charge on any atom is -0.349 e. The number of benzene rings is 1. The van der Waals surface area contributed by atoms with Crippen molar-refractivity contribution >= 4 is 22.0 Å². The Balaban J connectivity index is 2.01. The molecular formula is C19H23N3O3S. The fourth-order valence-corrected chi connectivity index (χ4v) is 3.38. The number of rotatable bonds is 8. The first-order valence-electron chi connectivity index (χ1n) is 8.30. The van der Waals surface area contributed by atoms with Gasteiger partial charge in [-0.2, -0.15) is 4.72 Å². The van der Waals surface area contributed by atoms with Crippen molar-refractivity contribution in [3.05, 3.63) is 71.4 Å². The Labute approximate surface area is 154 Å². The molecule has 0 bridgehead atoms. The lowest BCUT2D eigenvalue weighted by Gasteiger charge is -2.20. The van der Waals surface area contributed by atoms with E-state index in [1.807, 2.05) is 24.3 Å². The molecule has 1 heterocycles. The molecule has 0 radical (unpaired) electrons. The first kappa shape index (κ1) is 19.8. The molecule has 2 aromatic rings. The van der Waals surface area contributed by atoms with Gasteiger partial charge in [-0.05, 0) is 29.7 Å². The van der Waals surface area contributed by atoms with Crippen molar-refractivity contribution in [2.75, 3.05) is 0 Å². The minimum atomic E-state index is -3.76. The molecule has 1 aromatic carbocycles. The van der Waals surface area contributed by atoms with Crippen LogP contribution in [0.3, 0.4) is 0 Å². The number of carbonyl (C=O) groups is 1. The third-order valence-electron chi connectivity index (χ3n) is 3.65. The summed E-state index contributed by atoms with van der Waals surface area (Å²) in [4.78, 5) is 16.5. The molecule has 1 unspecified atom stereocenters. The van der Waals surface area contributed by atoms with Crippen LogP contribution in [0.4, 0.5) is 0 Å². The topological polar surface area (TPSA) is 88.2 Å². The lowest BCUT2D eigenvalue weighted by atomic mass is 10.1. The zero-order chi connectivity index (χ0) is 19.0. The van der Waals surface area contributed by atoms with Crippen LogP contribution in [0, 0.1) is 5.92 Å². The molecule has 1 amide bonds. The van der Waals surface area contributed by atoms with E-state index in [1.54, 1.807) is 44.3 Å². The van der Waals surface area contributed by atoms with E-state index >= 15 is 0 Å². The fourth-order valence-electron chi connectivity index (χ4n) is 2.23. The van der Waals surface area contributed by atoms with E-state index in [0.29, 0.717) is 5.69 Å². The summed E-state index contributed by atoms with van der Waals surface area (Å²) in [6.45, 7) is 3.81. The fraction of sp³-hybridized carbons (Fsp3) is 0.263. The summed E-state index contributed by atoms with van der Waals surface area (Å²) in [6.07, 6.45) is 3.13. The average molecular weight is 373 g/mol. The second-order valence-corrected chi connectivity index (χ2v) is 7.73. The molecule has 2 N–H and O–H groups in total. The third kappa shape index (κ3) is 6.42. The Hall–Kier alpha value is -2.51. The summed E-state index contributed by atoms with van der Waals surface area (Å²) >= 11 is 0. The number of hydrogen-bond acceptors (Lipinski definition) is 4. The number of carbonyl (C=O) groups excluding carboxylic acids is 1. The maximum Gasteiger partial charge on any atom is 0.238 e. The normalized spacial score (nSPS) is 13.0. The van der Waals surface area contributed by atoms with E-state index in [0.717, 1.165) is 11.0 Å². The Morgan fingerprint density at radius 3 is 2.42 bits per heavy atom. The van der Waals surface area contributed by atoms with Gasteiger partial charge < -0.3 is 5.32 Å². The number of nitrogens with one attached hydrogen (secondary N) is 2. The van der Waals surface area contributed by atoms with Crippen LogP contribution in [0.1, 0.15) is 25.1 Å². The van der Waals surface area contributed by atoms with Gasteiger partial charge in [-0.3, -0.25) is 9.78 Å². The largest absolute Gasteiger partial charge is 0.349 e. The third-order valence-corrected chi connectivity index (χ3v) is 4.73. The van der Waals surface area contributed by atoms with E-state index in [1.165, 1.54) is 6.08 Å². The molecule has 6 nitrogen and oxygen atoms in total. The number of sulfonamides is 1. The maximum absolute atomic E-state index is 12.4. The summed E-state index contributed by atoms with van der Waals surface area (Å²) in [5, 5.41) is 3.80. The molecule has 0 aliphatic rings. The van der Waals surface area contributed by atoms with E-state index in [4.69, 9.17) is 0 Å². The van der Waals surface area contributed by atoms with Gasteiger partial charge in [0.15, 0.2) is 0 Å². The van der Waals surface area contributed by atoms with Crippen LogP contribution in [-0.4, -0.2) is 25.4 Å². The van der Waals surface area contributed by atoms with E-state index < -0.39 is 16.1 Å². The Morgan fingerprint density at radius 2 is 1.81 bits per heavy atom. The van der Waals surface area contributed by atoms with Crippen molar-refractivity contribution in [2.45, 2.75) is 26.4 Å². The molecule has 7 heteroatoms. The monoisotopic (exact) mass is 373 g/mol. The minimum absolute atomic E-state index is 0.210. The summed E-state index contributed by atoms with van der Waals surface area (Å²) in [5.41, 5.74) is 1.47. The number of aromatic nitrogens is 1. The number of hydrogen-bond donors (Lipinski definition) is 2. The van der Waals surface area contributed by atoms with Gasteiger partial charge in [0.05, 0.1) is 12.2 Å². The Morgan fingerprint density at radius 1 is 1.12 bits per heavy atom. The van der Waals surface area contributed by atoms with Gasteiger partial charge in [0.25, 0.3) is 0 Å². The van der Waals surface area contributed by atoms with E-state index in [9.17, 15) is 13.2 Å². The summed E-state index contributed by atoms with van der Waals surface area (Å²) in [6, 6.07) is 13.6. The molecule has 2 rings (SSSR count). The molecule has 26 heavy (non-hydrogen) atoms. The zero-order valence-electron chi connectivity index (χ0n) is 14.8. The van der Waals surface area contributed by atoms with Crippen LogP contribution < -0.4 is 10.0 Å². The van der Waals surface area contributed by atoms with Gasteiger partial charge in [0.1, 0.15) is 6.04 Å². The van der Waals surface area contributed by atoms with Gasteiger partial charge in [-0.15, -0.1) is 0 Å². The van der Waals surface area contributed by atoms with Crippen LogP contribution in [0.15, 0.2) is 60.1 Å². The van der Waals surface area contributed by atoms with E-state index in [-0.39, 0.29) is 18.4 Å². The lowest BCUT2D eigenvalue weighted by Crippen LogP contribution is -2.48. The molecular weight excluding hydrogens is 350 g/mol. The highest BCUT2D eigenvalue weighted by Gasteiger charge is 2.26. The average Bonchev–Trinajstić information content (AvgIpc) is 2.64. The predicted octanol–water partition coefficient (Wildman–Crippen LogP) is 2.31. The molecule has 1 aromatic heterocycles. The predicted molar refractivity (Wildman–Crippen MR) is 102 cm³/mol. The summed E-state index contributed by atoms with van der Waals surface area (Å²) < 4.78 is 27.1. The standard InChI is InChI=1S/C19H23N3O3S/c1-15(2)18(19(23)21-14-17-10-6-7-12-20-17)22-26(24,25)13-11-16-8-4-3-5-9-16/h3-13,15,18,22H,14H2,1-2H3,(H,21,23)/b13-11+. The van der Waals surface area contributed by atoms with Crippen molar-refractivity contribution in [1.82, 2.24) is 15.0 Å². The SMILES string of the molecule is CC(C)C(NS(=O)(=O)/C=C/c1ccccc1)C(=O)NCc1ccccn1. The van der Waals surface area contributed by atoms with Crippen molar-refractivity contribution in [3.63, 3.8) is 0 Å².